The summed E-state index contributed by atoms with van der Waals surface area (Å²) in [5, 5.41) is 3.15. The van der Waals surface area contributed by atoms with Gasteiger partial charge in [-0.3, -0.25) is 0 Å². The Labute approximate surface area is 107 Å². The SMILES string of the molecule is CCCCNc1cc(F)ccc1/C=C/C(=O)OC. The number of nitrogens with one attached hydrogen (secondary N) is 1. The molecule has 0 aliphatic carbocycles. The molecule has 0 saturated heterocycles. The summed E-state index contributed by atoms with van der Waals surface area (Å²) in [6.45, 7) is 2.87. The normalized spacial score (nSPS) is 10.6. The largest absolute Gasteiger partial charge is 0.466 e. The van der Waals surface area contributed by atoms with E-state index in [1.165, 1.54) is 25.3 Å². The molecule has 0 heterocycles. The van der Waals surface area contributed by atoms with Crippen LogP contribution in [0.1, 0.15) is 25.3 Å². The van der Waals surface area contributed by atoms with Crippen molar-refractivity contribution < 1.29 is 13.9 Å². The molecule has 0 radical (unpaired) electrons. The van der Waals surface area contributed by atoms with Gasteiger partial charge in [0.25, 0.3) is 0 Å². The van der Waals surface area contributed by atoms with Gasteiger partial charge in [0.15, 0.2) is 0 Å². The predicted octanol–water partition coefficient (Wildman–Crippen LogP) is 3.22. The molecular formula is C14H18FNO2. The van der Waals surface area contributed by atoms with E-state index in [2.05, 4.69) is 17.0 Å². The zero-order chi connectivity index (χ0) is 13.4. The summed E-state index contributed by atoms with van der Waals surface area (Å²) in [6, 6.07) is 4.41. The van der Waals surface area contributed by atoms with Crippen molar-refractivity contribution in [3.63, 3.8) is 0 Å². The van der Waals surface area contributed by atoms with E-state index in [4.69, 9.17) is 0 Å². The van der Waals surface area contributed by atoms with Crippen molar-refractivity contribution in [1.29, 1.82) is 0 Å². The second-order valence-electron chi connectivity index (χ2n) is 3.87. The number of methoxy groups -OCH3 is 1. The van der Waals surface area contributed by atoms with Gasteiger partial charge in [-0.1, -0.05) is 13.3 Å². The van der Waals surface area contributed by atoms with E-state index in [1.54, 1.807) is 12.1 Å². The molecule has 4 heteroatoms. The molecule has 1 aromatic rings. The van der Waals surface area contributed by atoms with Crippen LogP contribution in [-0.4, -0.2) is 19.6 Å². The van der Waals surface area contributed by atoms with E-state index in [1.807, 2.05) is 0 Å². The molecule has 1 aromatic carbocycles. The first kappa shape index (κ1) is 14.2. The molecule has 0 bridgehead atoms. The van der Waals surface area contributed by atoms with Gasteiger partial charge >= 0.3 is 5.97 Å². The van der Waals surface area contributed by atoms with Crippen LogP contribution in [0.5, 0.6) is 0 Å². The summed E-state index contributed by atoms with van der Waals surface area (Å²) < 4.78 is 17.7. The Morgan fingerprint density at radius 2 is 2.28 bits per heavy atom. The molecule has 0 aliphatic heterocycles. The number of unbranched alkanes of at least 4 members (excludes halogenated alkanes) is 1. The van der Waals surface area contributed by atoms with Crippen molar-refractivity contribution in [2.24, 2.45) is 0 Å². The number of rotatable bonds is 6. The molecule has 0 spiro atoms. The lowest BCUT2D eigenvalue weighted by Gasteiger charge is -2.09. The summed E-state index contributed by atoms with van der Waals surface area (Å²) in [5.41, 5.74) is 1.45. The first-order valence-corrected chi connectivity index (χ1v) is 5.96. The van der Waals surface area contributed by atoms with E-state index in [0.29, 0.717) is 5.69 Å². The summed E-state index contributed by atoms with van der Waals surface area (Å²) >= 11 is 0. The maximum Gasteiger partial charge on any atom is 0.330 e. The lowest BCUT2D eigenvalue weighted by atomic mass is 10.1. The zero-order valence-corrected chi connectivity index (χ0v) is 10.7. The van der Waals surface area contributed by atoms with Gasteiger partial charge in [-0.05, 0) is 36.3 Å². The standard InChI is InChI=1S/C14H18FNO2/c1-3-4-9-16-13-10-12(15)7-5-11(13)6-8-14(17)18-2/h5-8,10,16H,3-4,9H2,1-2H3/b8-6+. The summed E-state index contributed by atoms with van der Waals surface area (Å²) in [4.78, 5) is 11.0. The minimum Gasteiger partial charge on any atom is -0.466 e. The van der Waals surface area contributed by atoms with Crippen molar-refractivity contribution >= 4 is 17.7 Å². The molecule has 1 N–H and O–H groups in total. The number of hydrogen-bond donors (Lipinski definition) is 1. The van der Waals surface area contributed by atoms with E-state index >= 15 is 0 Å². The Kier molecular flexibility index (Phi) is 5.91. The van der Waals surface area contributed by atoms with E-state index in [0.717, 1.165) is 24.9 Å². The topological polar surface area (TPSA) is 38.3 Å². The third-order valence-electron chi connectivity index (χ3n) is 2.46. The quantitative estimate of drug-likeness (QED) is 0.479. The molecule has 18 heavy (non-hydrogen) atoms. The summed E-state index contributed by atoms with van der Waals surface area (Å²) in [5.74, 6) is -0.733. The Bertz CT molecular complexity index is 430. The van der Waals surface area contributed by atoms with Gasteiger partial charge in [0.05, 0.1) is 7.11 Å². The lowest BCUT2D eigenvalue weighted by molar-refractivity contribution is -0.134. The molecule has 0 amide bonds. The fourth-order valence-corrected chi connectivity index (χ4v) is 1.45. The van der Waals surface area contributed by atoms with Crippen LogP contribution in [0.4, 0.5) is 10.1 Å². The number of carbonyl (C=O) groups excluding carboxylic acids is 1. The number of halogens is 1. The van der Waals surface area contributed by atoms with Crippen LogP contribution in [0.25, 0.3) is 6.08 Å². The van der Waals surface area contributed by atoms with Crippen molar-refractivity contribution in [3.05, 3.63) is 35.7 Å². The van der Waals surface area contributed by atoms with Gasteiger partial charge in [0, 0.05) is 18.3 Å². The smallest absolute Gasteiger partial charge is 0.330 e. The summed E-state index contributed by atoms with van der Waals surface area (Å²) in [7, 11) is 1.32. The van der Waals surface area contributed by atoms with Gasteiger partial charge in [-0.25, -0.2) is 9.18 Å². The maximum absolute atomic E-state index is 13.2. The molecule has 0 fully saturated rings. The third-order valence-corrected chi connectivity index (χ3v) is 2.46. The zero-order valence-electron chi connectivity index (χ0n) is 10.7. The van der Waals surface area contributed by atoms with Crippen molar-refractivity contribution in [2.75, 3.05) is 19.0 Å². The second-order valence-corrected chi connectivity index (χ2v) is 3.87. The molecule has 1 rings (SSSR count). The molecule has 0 atom stereocenters. The lowest BCUT2D eigenvalue weighted by Crippen LogP contribution is -2.03. The average Bonchev–Trinajstić information content (AvgIpc) is 2.37. The van der Waals surface area contributed by atoms with Crippen LogP contribution in [-0.2, 0) is 9.53 Å². The minimum absolute atomic E-state index is 0.302. The van der Waals surface area contributed by atoms with Crippen molar-refractivity contribution in [1.82, 2.24) is 0 Å². The number of carbonyl (C=O) groups is 1. The van der Waals surface area contributed by atoms with Gasteiger partial charge in [-0.15, -0.1) is 0 Å². The molecule has 0 aliphatic rings. The van der Waals surface area contributed by atoms with Gasteiger partial charge in [-0.2, -0.15) is 0 Å². The fraction of sp³-hybridized carbons (Fsp3) is 0.357. The van der Waals surface area contributed by atoms with Crippen LogP contribution in [0, 0.1) is 5.82 Å². The van der Waals surface area contributed by atoms with Crippen LogP contribution in [0.15, 0.2) is 24.3 Å². The van der Waals surface area contributed by atoms with E-state index < -0.39 is 5.97 Å². The molecule has 3 nitrogen and oxygen atoms in total. The minimum atomic E-state index is -0.432. The van der Waals surface area contributed by atoms with Crippen molar-refractivity contribution in [2.45, 2.75) is 19.8 Å². The fourth-order valence-electron chi connectivity index (χ4n) is 1.45. The van der Waals surface area contributed by atoms with Gasteiger partial charge in [0.2, 0.25) is 0 Å². The van der Waals surface area contributed by atoms with E-state index in [9.17, 15) is 9.18 Å². The number of benzene rings is 1. The van der Waals surface area contributed by atoms with Crippen molar-refractivity contribution in [3.8, 4) is 0 Å². The highest BCUT2D eigenvalue weighted by atomic mass is 19.1. The van der Waals surface area contributed by atoms with Crippen LogP contribution >= 0.6 is 0 Å². The number of esters is 1. The molecule has 0 aromatic heterocycles. The second kappa shape index (κ2) is 7.48. The average molecular weight is 251 g/mol. The highest BCUT2D eigenvalue weighted by Crippen LogP contribution is 2.19. The molecule has 98 valence electrons. The highest BCUT2D eigenvalue weighted by Gasteiger charge is 2.02. The number of anilines is 1. The molecular weight excluding hydrogens is 233 g/mol. The van der Waals surface area contributed by atoms with Crippen LogP contribution in [0.2, 0.25) is 0 Å². The van der Waals surface area contributed by atoms with Crippen LogP contribution < -0.4 is 5.32 Å². The van der Waals surface area contributed by atoms with Gasteiger partial charge < -0.3 is 10.1 Å². The maximum atomic E-state index is 13.2. The Hall–Kier alpha value is -1.84. The molecule has 0 unspecified atom stereocenters. The predicted molar refractivity (Wildman–Crippen MR) is 70.8 cm³/mol. The Morgan fingerprint density at radius 3 is 2.94 bits per heavy atom. The highest BCUT2D eigenvalue weighted by molar-refractivity contribution is 5.88. The van der Waals surface area contributed by atoms with E-state index in [-0.39, 0.29) is 5.82 Å². The van der Waals surface area contributed by atoms with Crippen LogP contribution in [0.3, 0.4) is 0 Å². The first-order chi connectivity index (χ1) is 8.67. The molecule has 0 saturated carbocycles. The Balaban J connectivity index is 2.82. The number of hydrogen-bond acceptors (Lipinski definition) is 3. The summed E-state index contributed by atoms with van der Waals surface area (Å²) in [6.07, 6.45) is 5.00. The number of ether oxygens (including phenoxy) is 1. The third kappa shape index (κ3) is 4.57. The Morgan fingerprint density at radius 1 is 1.50 bits per heavy atom. The monoisotopic (exact) mass is 251 g/mol. The first-order valence-electron chi connectivity index (χ1n) is 5.96. The van der Waals surface area contributed by atoms with Gasteiger partial charge in [0.1, 0.15) is 5.82 Å².